The molecule has 82 valence electrons. The van der Waals surface area contributed by atoms with Crippen LogP contribution >= 0.6 is 0 Å². The van der Waals surface area contributed by atoms with E-state index in [4.69, 9.17) is 5.11 Å². The second kappa shape index (κ2) is 3.50. The molecule has 0 fully saturated rings. The summed E-state index contributed by atoms with van der Waals surface area (Å²) in [5, 5.41) is 7.96. The third-order valence-electron chi connectivity index (χ3n) is 1.40. The van der Waals surface area contributed by atoms with Crippen LogP contribution in [0.3, 0.4) is 0 Å². The normalized spacial score (nSPS) is 15.9. The fourth-order valence-corrected chi connectivity index (χ4v) is 0.601. The second-order valence-electron chi connectivity index (χ2n) is 2.44. The lowest BCUT2D eigenvalue weighted by Gasteiger charge is -2.23. The maximum absolute atomic E-state index is 12.7. The van der Waals surface area contributed by atoms with E-state index in [-0.39, 0.29) is 6.92 Å². The highest BCUT2D eigenvalue weighted by Crippen LogP contribution is 2.41. The molecular weight excluding hydrogens is 218 g/mol. The van der Waals surface area contributed by atoms with Gasteiger partial charge in [-0.15, -0.1) is 0 Å². The maximum atomic E-state index is 12.7. The average Bonchev–Trinajstić information content (AvgIpc) is 1.79. The third kappa shape index (κ3) is 2.18. The average molecular weight is 222 g/mol. The van der Waals surface area contributed by atoms with E-state index in [1.54, 1.807) is 0 Å². The van der Waals surface area contributed by atoms with Gasteiger partial charge in [-0.3, -0.25) is 0 Å². The fraction of sp³-hybridized carbons (Fsp3) is 0.500. The molecule has 0 saturated heterocycles. The summed E-state index contributed by atoms with van der Waals surface area (Å²) >= 11 is 0. The molecule has 1 unspecified atom stereocenters. The molecule has 0 radical (unpaired) electrons. The Morgan fingerprint density at radius 1 is 1.14 bits per heavy atom. The second-order valence-corrected chi connectivity index (χ2v) is 2.44. The Balaban J connectivity index is 5.48. The molecule has 0 aromatic rings. The van der Waals surface area contributed by atoms with Crippen LogP contribution in [-0.4, -0.2) is 22.9 Å². The highest BCUT2D eigenvalue weighted by Gasteiger charge is 2.58. The van der Waals surface area contributed by atoms with E-state index in [9.17, 15) is 31.1 Å². The Morgan fingerprint density at radius 2 is 1.50 bits per heavy atom. The lowest BCUT2D eigenvalue weighted by atomic mass is 9.98. The van der Waals surface area contributed by atoms with Crippen LogP contribution in [0.15, 0.2) is 11.7 Å². The summed E-state index contributed by atoms with van der Waals surface area (Å²) < 4.78 is 71.6. The van der Waals surface area contributed by atoms with Crippen molar-refractivity contribution in [1.82, 2.24) is 0 Å². The molecule has 14 heavy (non-hydrogen) atoms. The van der Waals surface area contributed by atoms with Gasteiger partial charge in [-0.05, 0) is 6.92 Å². The summed E-state index contributed by atoms with van der Waals surface area (Å²) in [4.78, 5) is 9.96. The van der Waals surface area contributed by atoms with Crippen molar-refractivity contribution in [3.8, 4) is 0 Å². The summed E-state index contributed by atoms with van der Waals surface area (Å²) in [5.74, 6) is -2.65. The first kappa shape index (κ1) is 12.8. The lowest BCUT2D eigenvalue weighted by molar-refractivity contribution is -0.212. The van der Waals surface area contributed by atoms with Crippen LogP contribution in [0.4, 0.5) is 26.3 Å². The molecule has 1 atom stereocenters. The van der Waals surface area contributed by atoms with Crippen molar-refractivity contribution in [3.63, 3.8) is 0 Å². The van der Waals surface area contributed by atoms with Crippen molar-refractivity contribution >= 4 is 5.97 Å². The number of rotatable bonds is 2. The van der Waals surface area contributed by atoms with Gasteiger partial charge in [-0.25, -0.2) is 9.18 Å². The zero-order valence-electron chi connectivity index (χ0n) is 6.62. The van der Waals surface area contributed by atoms with Crippen LogP contribution in [0.5, 0.6) is 0 Å². The summed E-state index contributed by atoms with van der Waals surface area (Å²) in [7, 11) is 0. The Morgan fingerprint density at radius 3 is 1.57 bits per heavy atom. The largest absolute Gasteiger partial charge is 0.478 e. The molecule has 0 bridgehead atoms. The molecule has 2 nitrogen and oxygen atoms in total. The van der Waals surface area contributed by atoms with E-state index >= 15 is 0 Å². The van der Waals surface area contributed by atoms with Crippen molar-refractivity contribution in [3.05, 3.63) is 11.7 Å². The molecule has 0 spiro atoms. The first-order valence-electron chi connectivity index (χ1n) is 3.06. The van der Waals surface area contributed by atoms with Crippen LogP contribution in [0.25, 0.3) is 0 Å². The minimum absolute atomic E-state index is 0.282. The van der Waals surface area contributed by atoms with Gasteiger partial charge in [0.25, 0.3) is 6.08 Å². The van der Waals surface area contributed by atoms with Gasteiger partial charge < -0.3 is 5.11 Å². The van der Waals surface area contributed by atoms with E-state index in [1.165, 1.54) is 0 Å². The Hall–Kier alpha value is -1.21. The van der Waals surface area contributed by atoms with Crippen molar-refractivity contribution in [2.75, 3.05) is 0 Å². The molecule has 0 aliphatic carbocycles. The van der Waals surface area contributed by atoms with Crippen LogP contribution in [0, 0.1) is 0 Å². The monoisotopic (exact) mass is 222 g/mol. The molecule has 1 N–H and O–H groups in total. The highest BCUT2D eigenvalue weighted by atomic mass is 19.4. The highest BCUT2D eigenvalue weighted by molar-refractivity contribution is 5.89. The molecular formula is C6H4F6O2. The summed E-state index contributed by atoms with van der Waals surface area (Å²) in [5.41, 5.74) is -7.16. The number of carboxylic acid groups (broad SMARTS) is 1. The SMILES string of the molecule is CC(F)(C(C(=O)O)=C(F)F)C(F)(F)F. The van der Waals surface area contributed by atoms with Gasteiger partial charge in [0.1, 0.15) is 5.57 Å². The minimum Gasteiger partial charge on any atom is -0.478 e. The number of carbonyl (C=O) groups is 1. The first-order valence-corrected chi connectivity index (χ1v) is 3.06. The molecule has 0 aliphatic rings. The zero-order chi connectivity index (χ0) is 11.7. The zero-order valence-corrected chi connectivity index (χ0v) is 6.62. The number of hydrogen-bond donors (Lipinski definition) is 1. The van der Waals surface area contributed by atoms with Crippen molar-refractivity contribution < 1.29 is 36.2 Å². The maximum Gasteiger partial charge on any atom is 0.426 e. The van der Waals surface area contributed by atoms with Crippen molar-refractivity contribution in [2.45, 2.75) is 18.8 Å². The van der Waals surface area contributed by atoms with E-state index in [1.807, 2.05) is 0 Å². The molecule has 0 aliphatic heterocycles. The van der Waals surface area contributed by atoms with Gasteiger partial charge in [-0.1, -0.05) is 0 Å². The van der Waals surface area contributed by atoms with Gasteiger partial charge in [0.15, 0.2) is 0 Å². The predicted molar refractivity (Wildman–Crippen MR) is 32.4 cm³/mol. The summed E-state index contributed by atoms with van der Waals surface area (Å²) in [6.45, 7) is -0.282. The summed E-state index contributed by atoms with van der Waals surface area (Å²) in [6, 6.07) is 0. The molecule has 0 aromatic heterocycles. The van der Waals surface area contributed by atoms with Gasteiger partial charge >= 0.3 is 12.1 Å². The molecule has 0 aromatic carbocycles. The standard InChI is InChI=1S/C6H4F6O2/c1-5(9,6(10,11)12)2(3(7)8)4(13)14/h1H3,(H,13,14). The smallest absolute Gasteiger partial charge is 0.426 e. The number of carboxylic acids is 1. The van der Waals surface area contributed by atoms with E-state index in [0.717, 1.165) is 0 Å². The van der Waals surface area contributed by atoms with Crippen LogP contribution in [0.2, 0.25) is 0 Å². The Kier molecular flexibility index (Phi) is 3.20. The summed E-state index contributed by atoms with van der Waals surface area (Å²) in [6.07, 6.45) is -8.91. The number of aliphatic carboxylic acids is 1. The van der Waals surface area contributed by atoms with E-state index < -0.39 is 29.5 Å². The van der Waals surface area contributed by atoms with Gasteiger partial charge in [-0.2, -0.15) is 22.0 Å². The molecule has 0 heterocycles. The van der Waals surface area contributed by atoms with Gasteiger partial charge in [0, 0.05) is 0 Å². The van der Waals surface area contributed by atoms with Crippen LogP contribution in [-0.2, 0) is 4.79 Å². The van der Waals surface area contributed by atoms with Gasteiger partial charge in [0.2, 0.25) is 5.67 Å². The van der Waals surface area contributed by atoms with Crippen LogP contribution < -0.4 is 0 Å². The van der Waals surface area contributed by atoms with E-state index in [2.05, 4.69) is 0 Å². The Bertz CT molecular complexity index is 273. The third-order valence-corrected chi connectivity index (χ3v) is 1.40. The first-order chi connectivity index (χ1) is 6.01. The Labute approximate surface area is 73.8 Å². The number of alkyl halides is 4. The molecule has 0 rings (SSSR count). The lowest BCUT2D eigenvalue weighted by Crippen LogP contribution is -2.42. The van der Waals surface area contributed by atoms with Crippen LogP contribution in [0.1, 0.15) is 6.92 Å². The quantitative estimate of drug-likeness (QED) is 0.575. The fourth-order valence-electron chi connectivity index (χ4n) is 0.601. The molecule has 8 heteroatoms. The minimum atomic E-state index is -5.70. The number of halogens is 6. The van der Waals surface area contributed by atoms with Gasteiger partial charge in [0.05, 0.1) is 0 Å². The van der Waals surface area contributed by atoms with E-state index in [0.29, 0.717) is 0 Å². The molecule has 0 amide bonds. The number of hydrogen-bond acceptors (Lipinski definition) is 1. The van der Waals surface area contributed by atoms with Crippen molar-refractivity contribution in [1.29, 1.82) is 0 Å². The molecule has 0 saturated carbocycles. The van der Waals surface area contributed by atoms with Crippen molar-refractivity contribution in [2.24, 2.45) is 0 Å². The topological polar surface area (TPSA) is 37.3 Å². The predicted octanol–water partition coefficient (Wildman–Crippen LogP) is 2.51.